The maximum atomic E-state index is 13.1. The minimum Gasteiger partial charge on any atom is -0.334 e. The van der Waals surface area contributed by atoms with Crippen LogP contribution in [-0.2, 0) is 0 Å². The molecule has 0 heterocycles. The Kier molecular flexibility index (Phi) is 8.89. The van der Waals surface area contributed by atoms with E-state index in [1.54, 1.807) is 13.0 Å². The van der Waals surface area contributed by atoms with Gasteiger partial charge in [-0.05, 0) is 26.3 Å². The number of carbonyl (C=O) groups is 1. The van der Waals surface area contributed by atoms with E-state index in [4.69, 9.17) is 0 Å². The second-order valence-electron chi connectivity index (χ2n) is 4.25. The Labute approximate surface area is 127 Å². The van der Waals surface area contributed by atoms with Crippen LogP contribution in [0.15, 0.2) is 47.5 Å². The highest BCUT2D eigenvalue weighted by atomic mass is 19.4. The monoisotopic (exact) mass is 320 g/mol. The van der Waals surface area contributed by atoms with Crippen molar-refractivity contribution in [2.45, 2.75) is 33.4 Å². The number of halogens is 4. The quantitative estimate of drug-likeness (QED) is 0.548. The molecule has 0 unspecified atom stereocenters. The molecule has 0 aliphatic heterocycles. The van der Waals surface area contributed by atoms with Crippen LogP contribution >= 0.6 is 0 Å². The van der Waals surface area contributed by atoms with Crippen LogP contribution in [-0.4, -0.2) is 18.8 Å². The summed E-state index contributed by atoms with van der Waals surface area (Å²) < 4.78 is 50.3. The predicted octanol–water partition coefficient (Wildman–Crippen LogP) is 4.52. The van der Waals surface area contributed by atoms with E-state index in [1.165, 1.54) is 32.1 Å². The van der Waals surface area contributed by atoms with Crippen molar-refractivity contribution in [3.8, 4) is 0 Å². The van der Waals surface area contributed by atoms with E-state index in [2.05, 4.69) is 10.6 Å². The zero-order valence-corrected chi connectivity index (χ0v) is 12.7. The molecule has 3 nitrogen and oxygen atoms in total. The van der Waals surface area contributed by atoms with Gasteiger partial charge in [-0.15, -0.1) is 0 Å². The second-order valence-corrected chi connectivity index (χ2v) is 4.25. The van der Waals surface area contributed by atoms with Gasteiger partial charge >= 0.3 is 12.2 Å². The fraction of sp³-hybridized carbons (Fsp3) is 0.400. The van der Waals surface area contributed by atoms with Gasteiger partial charge in [0.1, 0.15) is 5.83 Å². The van der Waals surface area contributed by atoms with Crippen LogP contribution < -0.4 is 10.6 Å². The highest BCUT2D eigenvalue weighted by Gasteiger charge is 2.31. The third kappa shape index (κ3) is 8.28. The molecule has 0 saturated carbocycles. The SMILES string of the molecule is C/C=C\C(NC(=O)NC/C=C\C=C(/CC)C(F)(F)F)=C(/C)F. The molecule has 0 spiro atoms. The zero-order chi connectivity index (χ0) is 17.2. The molecule has 0 radical (unpaired) electrons. The molecule has 2 N–H and O–H groups in total. The first-order chi connectivity index (χ1) is 10.2. The van der Waals surface area contributed by atoms with Crippen LogP contribution in [0, 0.1) is 0 Å². The maximum Gasteiger partial charge on any atom is 0.412 e. The van der Waals surface area contributed by atoms with E-state index in [0.29, 0.717) is 0 Å². The smallest absolute Gasteiger partial charge is 0.334 e. The Bertz CT molecular complexity index is 484. The minimum absolute atomic E-state index is 0.0195. The fourth-order valence-corrected chi connectivity index (χ4v) is 1.39. The van der Waals surface area contributed by atoms with Crippen LogP contribution in [0.2, 0.25) is 0 Å². The number of nitrogens with one attached hydrogen (secondary N) is 2. The lowest BCUT2D eigenvalue weighted by molar-refractivity contribution is -0.0935. The maximum absolute atomic E-state index is 13.1. The van der Waals surface area contributed by atoms with Crippen LogP contribution in [0.4, 0.5) is 22.4 Å². The first kappa shape index (κ1) is 19.9. The van der Waals surface area contributed by atoms with Crippen molar-refractivity contribution in [2.24, 2.45) is 0 Å². The molecule has 0 atom stereocenters. The summed E-state index contributed by atoms with van der Waals surface area (Å²) in [5.74, 6) is -0.551. The van der Waals surface area contributed by atoms with Crippen molar-refractivity contribution in [1.29, 1.82) is 0 Å². The van der Waals surface area contributed by atoms with E-state index >= 15 is 0 Å². The van der Waals surface area contributed by atoms with Gasteiger partial charge in [0.25, 0.3) is 0 Å². The number of alkyl halides is 3. The van der Waals surface area contributed by atoms with Gasteiger partial charge in [-0.1, -0.05) is 31.2 Å². The molecule has 0 aromatic rings. The Balaban J connectivity index is 4.42. The largest absolute Gasteiger partial charge is 0.412 e. The first-order valence-electron chi connectivity index (χ1n) is 6.69. The van der Waals surface area contributed by atoms with Gasteiger partial charge in [0.05, 0.1) is 5.70 Å². The Hall–Kier alpha value is -2.05. The number of carbonyl (C=O) groups excluding carboxylic acids is 1. The van der Waals surface area contributed by atoms with Crippen LogP contribution in [0.5, 0.6) is 0 Å². The molecule has 22 heavy (non-hydrogen) atoms. The Morgan fingerprint density at radius 3 is 2.36 bits per heavy atom. The fourth-order valence-electron chi connectivity index (χ4n) is 1.39. The Morgan fingerprint density at radius 2 is 1.91 bits per heavy atom. The van der Waals surface area contributed by atoms with Crippen molar-refractivity contribution in [2.75, 3.05) is 6.54 Å². The molecule has 2 amide bonds. The summed E-state index contributed by atoms with van der Waals surface area (Å²) in [6.45, 7) is 4.30. The average Bonchev–Trinajstić information content (AvgIpc) is 2.40. The van der Waals surface area contributed by atoms with Gasteiger partial charge in [-0.3, -0.25) is 0 Å². The number of rotatable bonds is 6. The molecular formula is C15H20F4N2O. The summed E-state index contributed by atoms with van der Waals surface area (Å²) in [6, 6.07) is -0.648. The lowest BCUT2D eigenvalue weighted by atomic mass is 10.2. The summed E-state index contributed by atoms with van der Waals surface area (Å²) in [5.41, 5.74) is -0.631. The molecule has 0 aromatic carbocycles. The molecule has 0 aromatic heterocycles. The van der Waals surface area contributed by atoms with Gasteiger partial charge in [0.15, 0.2) is 0 Å². The van der Waals surface area contributed by atoms with Gasteiger partial charge in [-0.2, -0.15) is 13.2 Å². The van der Waals surface area contributed by atoms with Crippen molar-refractivity contribution in [1.82, 2.24) is 10.6 Å². The second kappa shape index (κ2) is 9.81. The third-order valence-electron chi connectivity index (χ3n) is 2.51. The summed E-state index contributed by atoms with van der Waals surface area (Å²) in [4.78, 5) is 11.5. The van der Waals surface area contributed by atoms with Gasteiger partial charge in [0.2, 0.25) is 0 Å². The van der Waals surface area contributed by atoms with Gasteiger partial charge < -0.3 is 10.6 Å². The van der Waals surface area contributed by atoms with Crippen molar-refractivity contribution in [3.05, 3.63) is 47.5 Å². The lowest BCUT2D eigenvalue weighted by Gasteiger charge is -2.08. The number of hydrogen-bond donors (Lipinski definition) is 2. The summed E-state index contributed by atoms with van der Waals surface area (Å²) >= 11 is 0. The highest BCUT2D eigenvalue weighted by molar-refractivity contribution is 5.76. The standard InChI is InChI=1S/C15H20F4N2O/c1-4-8-13(11(3)16)21-14(22)20-10-7-6-9-12(5-2)15(17,18)19/h4,6-9H,5,10H2,1-3H3,(H2,20,21,22)/b7-6-,8-4-,12-9+,13-11-. The van der Waals surface area contributed by atoms with Crippen LogP contribution in [0.25, 0.3) is 0 Å². The van der Waals surface area contributed by atoms with Crippen LogP contribution in [0.3, 0.4) is 0 Å². The van der Waals surface area contributed by atoms with E-state index in [1.807, 2.05) is 0 Å². The normalized spacial score (nSPS) is 14.4. The summed E-state index contributed by atoms with van der Waals surface area (Å²) in [5, 5.41) is 4.67. The molecule has 0 rings (SSSR count). The van der Waals surface area contributed by atoms with Crippen molar-refractivity contribution in [3.63, 3.8) is 0 Å². The van der Waals surface area contributed by atoms with E-state index < -0.39 is 23.6 Å². The summed E-state index contributed by atoms with van der Waals surface area (Å²) in [7, 11) is 0. The molecular weight excluding hydrogens is 300 g/mol. The van der Waals surface area contributed by atoms with E-state index in [0.717, 1.165) is 6.08 Å². The molecule has 7 heteroatoms. The van der Waals surface area contributed by atoms with Crippen molar-refractivity contribution < 1.29 is 22.4 Å². The van der Waals surface area contributed by atoms with Crippen LogP contribution in [0.1, 0.15) is 27.2 Å². The zero-order valence-electron chi connectivity index (χ0n) is 12.7. The molecule has 0 aliphatic carbocycles. The number of urea groups is 1. The Morgan fingerprint density at radius 1 is 1.27 bits per heavy atom. The molecule has 0 bridgehead atoms. The predicted molar refractivity (Wildman–Crippen MR) is 78.7 cm³/mol. The van der Waals surface area contributed by atoms with Gasteiger partial charge in [-0.25, -0.2) is 9.18 Å². The molecule has 124 valence electrons. The van der Waals surface area contributed by atoms with Crippen molar-refractivity contribution >= 4 is 6.03 Å². The van der Waals surface area contributed by atoms with E-state index in [-0.39, 0.29) is 18.7 Å². The number of hydrogen-bond acceptors (Lipinski definition) is 1. The highest BCUT2D eigenvalue weighted by Crippen LogP contribution is 2.27. The third-order valence-corrected chi connectivity index (χ3v) is 2.51. The average molecular weight is 320 g/mol. The van der Waals surface area contributed by atoms with Gasteiger partial charge in [0, 0.05) is 12.1 Å². The minimum atomic E-state index is -4.35. The molecule has 0 aliphatic rings. The number of amides is 2. The molecule has 0 fully saturated rings. The molecule has 0 saturated heterocycles. The number of allylic oxidation sites excluding steroid dienone is 6. The van der Waals surface area contributed by atoms with E-state index in [9.17, 15) is 22.4 Å². The lowest BCUT2D eigenvalue weighted by Crippen LogP contribution is -2.34. The topological polar surface area (TPSA) is 41.1 Å². The first-order valence-corrected chi connectivity index (χ1v) is 6.69. The summed E-state index contributed by atoms with van der Waals surface area (Å²) in [6.07, 6.45) is 2.01.